The zero-order valence-electron chi connectivity index (χ0n) is 11.5. The lowest BCUT2D eigenvalue weighted by atomic mass is 9.43. The van der Waals surface area contributed by atoms with Crippen molar-refractivity contribution in [2.45, 2.75) is 65.3 Å². The van der Waals surface area contributed by atoms with E-state index in [0.29, 0.717) is 11.3 Å². The second kappa shape index (κ2) is 3.49. The van der Waals surface area contributed by atoms with E-state index in [1.165, 1.54) is 6.42 Å². The average Bonchev–Trinajstić information content (AvgIpc) is 2.51. The summed E-state index contributed by atoms with van der Waals surface area (Å²) in [5, 5.41) is 0. The van der Waals surface area contributed by atoms with Crippen LogP contribution in [0.15, 0.2) is 0 Å². The van der Waals surface area contributed by atoms with Crippen LogP contribution in [0.4, 0.5) is 0 Å². The smallest absolute Gasteiger partial charge is 0.384 e. The highest BCUT2D eigenvalue weighted by Gasteiger charge is 2.68. The van der Waals surface area contributed by atoms with Gasteiger partial charge in [-0.05, 0) is 50.9 Å². The summed E-state index contributed by atoms with van der Waals surface area (Å²) in [6.45, 7) is 11.0. The third kappa shape index (κ3) is 1.53. The van der Waals surface area contributed by atoms with E-state index in [1.54, 1.807) is 0 Å². The third-order valence-corrected chi connectivity index (χ3v) is 5.31. The minimum Gasteiger partial charge on any atom is -0.384 e. The Morgan fingerprint density at radius 3 is 2.53 bits per heavy atom. The molecule has 4 rings (SSSR count). The molecular formula is C13H23BO3. The molecule has 1 aliphatic heterocycles. The summed E-state index contributed by atoms with van der Waals surface area (Å²) < 4.78 is 17.7. The summed E-state index contributed by atoms with van der Waals surface area (Å²) in [7, 11) is -0.458. The first kappa shape index (κ1) is 12.0. The molecule has 0 unspecified atom stereocenters. The molecule has 0 aromatic heterocycles. The number of hydrogen-bond donors (Lipinski definition) is 0. The Hall–Kier alpha value is -0.0551. The topological polar surface area (TPSA) is 27.7 Å². The third-order valence-electron chi connectivity index (χ3n) is 5.31. The van der Waals surface area contributed by atoms with Crippen molar-refractivity contribution in [3.05, 3.63) is 0 Å². The zero-order chi connectivity index (χ0) is 12.4. The molecule has 4 heteroatoms. The molecular weight excluding hydrogens is 215 g/mol. The van der Waals surface area contributed by atoms with Crippen molar-refractivity contribution in [3.8, 4) is 0 Å². The van der Waals surface area contributed by atoms with Crippen LogP contribution in [0.2, 0.25) is 0 Å². The highest BCUT2D eigenvalue weighted by molar-refractivity contribution is 6.37. The molecule has 4 fully saturated rings. The molecule has 4 aliphatic rings. The highest BCUT2D eigenvalue weighted by atomic mass is 16.8. The van der Waals surface area contributed by atoms with Crippen molar-refractivity contribution in [3.63, 3.8) is 0 Å². The van der Waals surface area contributed by atoms with Gasteiger partial charge in [0, 0.05) is 6.10 Å². The number of rotatable bonds is 2. The normalized spacial score (nSPS) is 46.9. The summed E-state index contributed by atoms with van der Waals surface area (Å²) in [4.78, 5) is 0. The molecule has 1 saturated heterocycles. The van der Waals surface area contributed by atoms with Gasteiger partial charge in [-0.1, -0.05) is 13.8 Å². The van der Waals surface area contributed by atoms with Gasteiger partial charge in [0.1, 0.15) is 0 Å². The molecule has 0 aromatic carbocycles. The summed E-state index contributed by atoms with van der Waals surface area (Å²) in [5.41, 5.74) is 0.263. The first-order valence-electron chi connectivity index (χ1n) is 6.83. The van der Waals surface area contributed by atoms with E-state index in [9.17, 15) is 0 Å². The van der Waals surface area contributed by atoms with Crippen LogP contribution >= 0.6 is 0 Å². The van der Waals surface area contributed by atoms with Crippen LogP contribution in [0, 0.1) is 17.3 Å². The molecule has 0 amide bonds. The fraction of sp³-hybridized carbons (Fsp3) is 1.00. The van der Waals surface area contributed by atoms with Crippen molar-refractivity contribution < 1.29 is 14.0 Å². The quantitative estimate of drug-likeness (QED) is 0.692. The zero-order valence-corrected chi connectivity index (χ0v) is 11.5. The largest absolute Gasteiger partial charge is 0.640 e. The van der Waals surface area contributed by atoms with E-state index in [4.69, 9.17) is 14.0 Å². The van der Waals surface area contributed by atoms with Gasteiger partial charge in [-0.2, -0.15) is 0 Å². The van der Waals surface area contributed by atoms with Crippen molar-refractivity contribution in [2.24, 2.45) is 17.3 Å². The lowest BCUT2D eigenvalue weighted by molar-refractivity contribution is -0.200. The van der Waals surface area contributed by atoms with Gasteiger partial charge in [0.15, 0.2) is 0 Å². The molecule has 0 aromatic rings. The molecule has 0 spiro atoms. The fourth-order valence-electron chi connectivity index (χ4n) is 4.11. The fourth-order valence-corrected chi connectivity index (χ4v) is 4.11. The molecule has 0 N–H and O–H groups in total. The second-order valence-electron chi connectivity index (χ2n) is 6.94. The molecule has 1 heterocycles. The van der Waals surface area contributed by atoms with Crippen LogP contribution in [-0.4, -0.2) is 25.1 Å². The van der Waals surface area contributed by atoms with Crippen molar-refractivity contribution in [1.29, 1.82) is 0 Å². The van der Waals surface area contributed by atoms with Gasteiger partial charge in [-0.3, -0.25) is 0 Å². The molecule has 3 saturated carbocycles. The summed E-state index contributed by atoms with van der Waals surface area (Å²) in [5.74, 6) is 1.41. The summed E-state index contributed by atoms with van der Waals surface area (Å²) >= 11 is 0. The highest BCUT2D eigenvalue weighted by Crippen LogP contribution is 2.65. The minimum absolute atomic E-state index is 0.141. The van der Waals surface area contributed by atoms with Crippen LogP contribution in [0.25, 0.3) is 0 Å². The molecule has 3 aliphatic carbocycles. The summed E-state index contributed by atoms with van der Waals surface area (Å²) in [6, 6.07) is 0. The van der Waals surface area contributed by atoms with Crippen LogP contribution in [0.5, 0.6) is 0 Å². The Morgan fingerprint density at radius 2 is 1.94 bits per heavy atom. The van der Waals surface area contributed by atoms with E-state index in [-0.39, 0.29) is 17.8 Å². The Kier molecular flexibility index (Phi) is 2.46. The maximum absolute atomic E-state index is 6.11. The van der Waals surface area contributed by atoms with Crippen molar-refractivity contribution in [1.82, 2.24) is 0 Å². The van der Waals surface area contributed by atoms with E-state index < -0.39 is 7.32 Å². The van der Waals surface area contributed by atoms with Gasteiger partial charge in [-0.15, -0.1) is 0 Å². The van der Waals surface area contributed by atoms with Crippen molar-refractivity contribution in [2.75, 3.05) is 0 Å². The van der Waals surface area contributed by atoms with Gasteiger partial charge in [-0.25, -0.2) is 0 Å². The van der Waals surface area contributed by atoms with Gasteiger partial charge in [0.2, 0.25) is 0 Å². The maximum Gasteiger partial charge on any atom is 0.640 e. The molecule has 2 bridgehead atoms. The van der Waals surface area contributed by atoms with Gasteiger partial charge in [0.25, 0.3) is 0 Å². The number of hydrogen-bond acceptors (Lipinski definition) is 3. The lowest BCUT2D eigenvalue weighted by Gasteiger charge is -2.64. The lowest BCUT2D eigenvalue weighted by Crippen LogP contribution is -2.65. The van der Waals surface area contributed by atoms with Crippen LogP contribution in [-0.2, 0) is 14.0 Å². The van der Waals surface area contributed by atoms with Crippen LogP contribution in [0.3, 0.4) is 0 Å². The predicted octanol–water partition coefficient (Wildman–Crippen LogP) is 2.64. The first-order chi connectivity index (χ1) is 7.84. The second-order valence-corrected chi connectivity index (χ2v) is 6.94. The van der Waals surface area contributed by atoms with E-state index in [1.807, 2.05) is 13.8 Å². The monoisotopic (exact) mass is 238 g/mol. The minimum atomic E-state index is -0.458. The van der Waals surface area contributed by atoms with E-state index in [0.717, 1.165) is 12.3 Å². The Bertz CT molecular complexity index is 331. The predicted molar refractivity (Wildman–Crippen MR) is 66.3 cm³/mol. The molecule has 4 atom stereocenters. The average molecular weight is 238 g/mol. The Morgan fingerprint density at radius 1 is 1.24 bits per heavy atom. The Labute approximate surface area is 104 Å². The van der Waals surface area contributed by atoms with Crippen LogP contribution in [0.1, 0.15) is 47.5 Å². The maximum atomic E-state index is 6.11. The van der Waals surface area contributed by atoms with Crippen LogP contribution < -0.4 is 0 Å². The van der Waals surface area contributed by atoms with Gasteiger partial charge >= 0.3 is 7.32 Å². The first-order valence-corrected chi connectivity index (χ1v) is 6.83. The standard InChI is InChI=1S/C13H23BO3/c1-8(2)15-14-16-11-7-9-6-10(12(9,3)4)13(11,5)17-14/h8-11H,6-7H2,1-5H3/t9-,10-,11-,13+/m1/s1. The van der Waals surface area contributed by atoms with Crippen molar-refractivity contribution >= 4 is 7.32 Å². The Balaban J connectivity index is 1.78. The van der Waals surface area contributed by atoms with Gasteiger partial charge < -0.3 is 14.0 Å². The SMILES string of the molecule is CC(C)OB1O[C@@H]2C[C@H]3C[C@H](C3(C)C)[C@]2(C)O1. The van der Waals surface area contributed by atoms with E-state index >= 15 is 0 Å². The van der Waals surface area contributed by atoms with Gasteiger partial charge in [0.05, 0.1) is 11.7 Å². The molecule has 3 nitrogen and oxygen atoms in total. The molecule has 17 heavy (non-hydrogen) atoms. The van der Waals surface area contributed by atoms with E-state index in [2.05, 4.69) is 20.8 Å². The summed E-state index contributed by atoms with van der Waals surface area (Å²) in [6.07, 6.45) is 2.78. The molecule has 0 radical (unpaired) electrons. The molecule has 96 valence electrons.